The van der Waals surface area contributed by atoms with Crippen LogP contribution in [0.25, 0.3) is 0 Å². The van der Waals surface area contributed by atoms with Crippen LogP contribution < -0.4 is 10.6 Å². The van der Waals surface area contributed by atoms with Crippen molar-refractivity contribution in [1.29, 1.82) is 0 Å². The van der Waals surface area contributed by atoms with Gasteiger partial charge in [-0.2, -0.15) is 0 Å². The minimum atomic E-state index is -0.592. The maximum atomic E-state index is 12.9. The summed E-state index contributed by atoms with van der Waals surface area (Å²) in [5.74, 6) is -0.148. The van der Waals surface area contributed by atoms with Crippen molar-refractivity contribution in [2.45, 2.75) is 59.0 Å². The number of piperidine rings is 1. The first-order chi connectivity index (χ1) is 13.8. The Morgan fingerprint density at radius 3 is 2.41 bits per heavy atom. The molecule has 7 heteroatoms. The summed E-state index contributed by atoms with van der Waals surface area (Å²) in [4.78, 5) is 39.0. The van der Waals surface area contributed by atoms with Gasteiger partial charge in [-0.15, -0.1) is 0 Å². The maximum absolute atomic E-state index is 12.9. The molecule has 0 spiro atoms. The Balaban J connectivity index is 1.94. The van der Waals surface area contributed by atoms with Crippen LogP contribution in [0.5, 0.6) is 0 Å². The third kappa shape index (κ3) is 6.76. The lowest BCUT2D eigenvalue weighted by atomic mass is 10.00. The molecular weight excluding hydrogens is 370 g/mol. The van der Waals surface area contributed by atoms with Gasteiger partial charge in [-0.25, -0.2) is 4.79 Å². The van der Waals surface area contributed by atoms with Gasteiger partial charge in [0, 0.05) is 24.7 Å². The van der Waals surface area contributed by atoms with E-state index in [-0.39, 0.29) is 29.9 Å². The Morgan fingerprint density at radius 2 is 1.83 bits per heavy atom. The summed E-state index contributed by atoms with van der Waals surface area (Å²) >= 11 is 0. The van der Waals surface area contributed by atoms with E-state index in [1.807, 2.05) is 39.0 Å². The first-order valence-electron chi connectivity index (χ1n) is 10.4. The lowest BCUT2D eigenvalue weighted by Crippen LogP contribution is -2.53. The lowest BCUT2D eigenvalue weighted by molar-refractivity contribution is -0.124. The van der Waals surface area contributed by atoms with Crippen LogP contribution in [0.3, 0.4) is 0 Å². The Labute approximate surface area is 173 Å². The second-order valence-corrected chi connectivity index (χ2v) is 7.94. The molecule has 0 radical (unpaired) electrons. The molecule has 1 fully saturated rings. The molecule has 29 heavy (non-hydrogen) atoms. The van der Waals surface area contributed by atoms with Crippen molar-refractivity contribution in [1.82, 2.24) is 15.5 Å². The molecule has 3 amide bonds. The first kappa shape index (κ1) is 22.7. The van der Waals surface area contributed by atoms with Gasteiger partial charge in [0.15, 0.2) is 0 Å². The third-order valence-corrected chi connectivity index (χ3v) is 5.09. The smallest absolute Gasteiger partial charge is 0.409 e. The number of nitrogens with one attached hydrogen (secondary N) is 2. The van der Waals surface area contributed by atoms with Gasteiger partial charge in [0.1, 0.15) is 6.04 Å². The van der Waals surface area contributed by atoms with Crippen molar-refractivity contribution in [2.24, 2.45) is 5.92 Å². The third-order valence-electron chi connectivity index (χ3n) is 5.09. The van der Waals surface area contributed by atoms with Crippen molar-refractivity contribution >= 4 is 17.9 Å². The summed E-state index contributed by atoms with van der Waals surface area (Å²) in [7, 11) is 0. The molecule has 1 aliphatic heterocycles. The SMILES string of the molecule is CCOC(=O)N1CCC(NC(=O)C(CC(C)C)NC(=O)c2ccccc2C)CC1. The van der Waals surface area contributed by atoms with Gasteiger partial charge in [0.05, 0.1) is 6.61 Å². The molecule has 1 unspecified atom stereocenters. The summed E-state index contributed by atoms with van der Waals surface area (Å²) in [5.41, 5.74) is 1.46. The van der Waals surface area contributed by atoms with Crippen LogP contribution in [0.15, 0.2) is 24.3 Å². The Hall–Kier alpha value is -2.57. The maximum Gasteiger partial charge on any atom is 0.409 e. The fourth-order valence-corrected chi connectivity index (χ4v) is 3.49. The summed E-state index contributed by atoms with van der Waals surface area (Å²) in [5, 5.41) is 5.96. The van der Waals surface area contributed by atoms with Gasteiger partial charge in [0.25, 0.3) is 5.91 Å². The number of carbonyl (C=O) groups is 3. The van der Waals surface area contributed by atoms with Crippen molar-refractivity contribution in [3.8, 4) is 0 Å². The Bertz CT molecular complexity index is 712. The van der Waals surface area contributed by atoms with E-state index in [1.165, 1.54) is 0 Å². The number of nitrogens with zero attached hydrogens (tertiary/aromatic N) is 1. The highest BCUT2D eigenvalue weighted by Crippen LogP contribution is 2.14. The summed E-state index contributed by atoms with van der Waals surface area (Å²) in [6.45, 7) is 9.17. The van der Waals surface area contributed by atoms with Crippen LogP contribution in [0.2, 0.25) is 0 Å². The topological polar surface area (TPSA) is 87.7 Å². The number of aryl methyl sites for hydroxylation is 1. The van der Waals surface area contributed by atoms with E-state index in [9.17, 15) is 14.4 Å². The minimum absolute atomic E-state index is 0.0156. The molecular formula is C22H33N3O4. The molecule has 0 saturated carbocycles. The molecule has 1 heterocycles. The van der Waals surface area contributed by atoms with E-state index >= 15 is 0 Å². The zero-order chi connectivity index (χ0) is 21.4. The molecule has 7 nitrogen and oxygen atoms in total. The van der Waals surface area contributed by atoms with Crippen LogP contribution in [-0.2, 0) is 9.53 Å². The highest BCUT2D eigenvalue weighted by atomic mass is 16.6. The van der Waals surface area contributed by atoms with E-state index < -0.39 is 6.04 Å². The Kier molecular flexibility index (Phi) is 8.49. The number of rotatable bonds is 7. The quantitative estimate of drug-likeness (QED) is 0.733. The normalized spacial score (nSPS) is 15.7. The second kappa shape index (κ2) is 10.8. The number of carbonyl (C=O) groups excluding carboxylic acids is 3. The van der Waals surface area contributed by atoms with Gasteiger partial charge in [-0.05, 0) is 50.7 Å². The van der Waals surface area contributed by atoms with Crippen LogP contribution >= 0.6 is 0 Å². The van der Waals surface area contributed by atoms with Gasteiger partial charge < -0.3 is 20.3 Å². The number of ether oxygens (including phenoxy) is 1. The standard InChI is InChI=1S/C22H33N3O4/c1-5-29-22(28)25-12-10-17(11-13-25)23-21(27)19(14-15(2)3)24-20(26)18-9-7-6-8-16(18)4/h6-9,15,17,19H,5,10-14H2,1-4H3,(H,23,27)(H,24,26). The summed E-state index contributed by atoms with van der Waals surface area (Å²) in [6.07, 6.45) is 1.60. The largest absolute Gasteiger partial charge is 0.450 e. The predicted octanol–water partition coefficient (Wildman–Crippen LogP) is 2.88. The van der Waals surface area contributed by atoms with Gasteiger partial charge in [-0.3, -0.25) is 9.59 Å². The molecule has 1 aromatic rings. The average Bonchev–Trinajstić information content (AvgIpc) is 2.68. The molecule has 160 valence electrons. The van der Waals surface area contributed by atoms with E-state index in [1.54, 1.807) is 17.9 Å². The Morgan fingerprint density at radius 1 is 1.17 bits per heavy atom. The van der Waals surface area contributed by atoms with Crippen LogP contribution in [0.1, 0.15) is 56.0 Å². The minimum Gasteiger partial charge on any atom is -0.450 e. The van der Waals surface area contributed by atoms with E-state index in [2.05, 4.69) is 10.6 Å². The fraction of sp³-hybridized carbons (Fsp3) is 0.591. The molecule has 1 saturated heterocycles. The molecule has 1 aromatic carbocycles. The molecule has 0 bridgehead atoms. The zero-order valence-electron chi connectivity index (χ0n) is 17.9. The van der Waals surface area contributed by atoms with Gasteiger partial charge in [0.2, 0.25) is 5.91 Å². The van der Waals surface area contributed by atoms with Crippen LogP contribution in [-0.4, -0.2) is 54.6 Å². The predicted molar refractivity (Wildman–Crippen MR) is 112 cm³/mol. The van der Waals surface area contributed by atoms with E-state index in [0.29, 0.717) is 44.5 Å². The second-order valence-electron chi connectivity index (χ2n) is 7.94. The van der Waals surface area contributed by atoms with E-state index in [4.69, 9.17) is 4.74 Å². The number of benzene rings is 1. The molecule has 0 aromatic heterocycles. The van der Waals surface area contributed by atoms with Crippen molar-refractivity contribution < 1.29 is 19.1 Å². The van der Waals surface area contributed by atoms with Crippen molar-refractivity contribution in [3.63, 3.8) is 0 Å². The molecule has 0 aliphatic carbocycles. The highest BCUT2D eigenvalue weighted by Gasteiger charge is 2.28. The van der Waals surface area contributed by atoms with Gasteiger partial charge in [-0.1, -0.05) is 32.0 Å². The summed E-state index contributed by atoms with van der Waals surface area (Å²) < 4.78 is 5.03. The van der Waals surface area contributed by atoms with Crippen molar-refractivity contribution in [3.05, 3.63) is 35.4 Å². The molecule has 1 atom stereocenters. The number of hydrogen-bond acceptors (Lipinski definition) is 4. The highest BCUT2D eigenvalue weighted by molar-refractivity contribution is 5.98. The van der Waals surface area contributed by atoms with Gasteiger partial charge >= 0.3 is 6.09 Å². The van der Waals surface area contributed by atoms with Crippen LogP contribution in [0.4, 0.5) is 4.79 Å². The number of likely N-dealkylation sites (tertiary alicyclic amines) is 1. The zero-order valence-corrected chi connectivity index (χ0v) is 17.9. The molecule has 2 N–H and O–H groups in total. The number of amides is 3. The average molecular weight is 404 g/mol. The lowest BCUT2D eigenvalue weighted by Gasteiger charge is -2.32. The van der Waals surface area contributed by atoms with E-state index in [0.717, 1.165) is 5.56 Å². The molecule has 1 aliphatic rings. The monoisotopic (exact) mass is 403 g/mol. The molecule has 2 rings (SSSR count). The summed E-state index contributed by atoms with van der Waals surface area (Å²) in [6, 6.07) is 6.73. The van der Waals surface area contributed by atoms with Crippen molar-refractivity contribution in [2.75, 3.05) is 19.7 Å². The number of hydrogen-bond donors (Lipinski definition) is 2. The fourth-order valence-electron chi connectivity index (χ4n) is 3.49. The van der Waals surface area contributed by atoms with Crippen LogP contribution in [0, 0.1) is 12.8 Å². The first-order valence-corrected chi connectivity index (χ1v) is 10.4.